The molecule has 3 rings (SSSR count). The van der Waals surface area contributed by atoms with Crippen LogP contribution in [0, 0.1) is 0 Å². The first-order valence-electron chi connectivity index (χ1n) is 9.66. The second kappa shape index (κ2) is 9.98. The minimum atomic E-state index is 0.133. The summed E-state index contributed by atoms with van der Waals surface area (Å²) in [6.45, 7) is 4.35. The van der Waals surface area contributed by atoms with Gasteiger partial charge in [-0.3, -0.25) is 9.69 Å². The maximum atomic E-state index is 12.4. The van der Waals surface area contributed by atoms with Crippen LogP contribution in [0.15, 0.2) is 29.2 Å². The van der Waals surface area contributed by atoms with Crippen molar-refractivity contribution >= 4 is 29.3 Å². The molecule has 1 heterocycles. The molecule has 1 saturated carbocycles. The Morgan fingerprint density at radius 2 is 1.92 bits per heavy atom. The van der Waals surface area contributed by atoms with Crippen molar-refractivity contribution in [2.45, 2.75) is 49.0 Å². The van der Waals surface area contributed by atoms with Gasteiger partial charge in [0.05, 0.1) is 18.2 Å². The second-order valence-electron chi connectivity index (χ2n) is 7.19. The third-order valence-corrected chi connectivity index (χ3v) is 7.02. The summed E-state index contributed by atoms with van der Waals surface area (Å²) in [6.07, 6.45) is 6.72. The van der Waals surface area contributed by atoms with E-state index in [1.807, 2.05) is 24.3 Å². The second-order valence-corrected chi connectivity index (χ2v) is 8.73. The van der Waals surface area contributed by atoms with Crippen LogP contribution < -0.4 is 5.32 Å². The third kappa shape index (κ3) is 5.38. The zero-order valence-electron chi connectivity index (χ0n) is 15.3. The Hall–Kier alpha value is -0.750. The number of thioether (sulfide) groups is 1. The Labute approximate surface area is 166 Å². The zero-order chi connectivity index (χ0) is 18.2. The van der Waals surface area contributed by atoms with Crippen LogP contribution in [0.1, 0.15) is 38.5 Å². The number of nitrogens with zero attached hydrogens (tertiary/aromatic N) is 1. The van der Waals surface area contributed by atoms with Gasteiger partial charge in [0.1, 0.15) is 0 Å². The SMILES string of the molecule is O=C(CCSc1ccccc1Cl)NCC1(N2CCOCC2)CCCCC1. The average molecular weight is 397 g/mol. The number of amides is 1. The molecule has 26 heavy (non-hydrogen) atoms. The molecule has 1 amide bonds. The molecule has 1 aromatic rings. The van der Waals surface area contributed by atoms with E-state index in [0.29, 0.717) is 6.42 Å². The van der Waals surface area contributed by atoms with E-state index >= 15 is 0 Å². The third-order valence-electron chi connectivity index (χ3n) is 5.50. The van der Waals surface area contributed by atoms with Gasteiger partial charge in [-0.15, -0.1) is 11.8 Å². The van der Waals surface area contributed by atoms with Gasteiger partial charge in [-0.2, -0.15) is 0 Å². The summed E-state index contributed by atoms with van der Waals surface area (Å²) >= 11 is 7.81. The van der Waals surface area contributed by atoms with Crippen LogP contribution in [0.2, 0.25) is 5.02 Å². The predicted octanol–water partition coefficient (Wildman–Crippen LogP) is 3.97. The molecule has 1 aliphatic heterocycles. The Kier molecular flexibility index (Phi) is 7.67. The van der Waals surface area contributed by atoms with Crippen LogP contribution in [0.5, 0.6) is 0 Å². The average Bonchev–Trinajstić information content (AvgIpc) is 2.69. The standard InChI is InChI=1S/C20H29ClN2O2S/c21-17-6-2-3-7-18(17)26-15-8-19(24)22-16-20(9-4-1-5-10-20)23-11-13-25-14-12-23/h2-3,6-7H,1,4-5,8-16H2,(H,22,24). The molecular formula is C20H29ClN2O2S. The molecule has 1 N–H and O–H groups in total. The van der Waals surface area contributed by atoms with Crippen LogP contribution in [0.25, 0.3) is 0 Å². The zero-order valence-corrected chi connectivity index (χ0v) is 16.9. The van der Waals surface area contributed by atoms with E-state index in [1.54, 1.807) is 11.8 Å². The Morgan fingerprint density at radius 3 is 2.65 bits per heavy atom. The molecule has 1 aliphatic carbocycles. The summed E-state index contributed by atoms with van der Waals surface area (Å²) in [4.78, 5) is 16.0. The van der Waals surface area contributed by atoms with Crippen LogP contribution in [0.3, 0.4) is 0 Å². The van der Waals surface area contributed by atoms with Gasteiger partial charge < -0.3 is 10.1 Å². The predicted molar refractivity (Wildman–Crippen MR) is 108 cm³/mol. The van der Waals surface area contributed by atoms with Gasteiger partial charge in [0.25, 0.3) is 0 Å². The van der Waals surface area contributed by atoms with Gasteiger partial charge in [-0.05, 0) is 25.0 Å². The lowest BCUT2D eigenvalue weighted by Gasteiger charge is -2.48. The topological polar surface area (TPSA) is 41.6 Å². The van der Waals surface area contributed by atoms with E-state index in [1.165, 1.54) is 32.1 Å². The van der Waals surface area contributed by atoms with Crippen LogP contribution in [0.4, 0.5) is 0 Å². The van der Waals surface area contributed by atoms with Crippen LogP contribution in [-0.4, -0.2) is 54.9 Å². The van der Waals surface area contributed by atoms with E-state index in [4.69, 9.17) is 16.3 Å². The van der Waals surface area contributed by atoms with Gasteiger partial charge >= 0.3 is 0 Å². The number of nitrogens with one attached hydrogen (secondary N) is 1. The fourth-order valence-corrected chi connectivity index (χ4v) is 5.21. The number of rotatable bonds is 7. The molecule has 6 heteroatoms. The summed E-state index contributed by atoms with van der Waals surface area (Å²) in [5.74, 6) is 0.892. The smallest absolute Gasteiger partial charge is 0.220 e. The number of carbonyl (C=O) groups is 1. The van der Waals surface area contributed by atoms with Gasteiger partial charge in [0.15, 0.2) is 0 Å². The highest BCUT2D eigenvalue weighted by atomic mass is 35.5. The van der Waals surface area contributed by atoms with Crippen molar-refractivity contribution in [3.8, 4) is 0 Å². The number of morpholine rings is 1. The lowest BCUT2D eigenvalue weighted by molar-refractivity contribution is -0.122. The molecule has 0 bridgehead atoms. The number of benzene rings is 1. The van der Waals surface area contributed by atoms with Crippen molar-refractivity contribution in [3.05, 3.63) is 29.3 Å². The molecule has 2 aliphatic rings. The summed E-state index contributed by atoms with van der Waals surface area (Å²) in [5, 5.41) is 3.98. The lowest BCUT2D eigenvalue weighted by Crippen LogP contribution is -2.59. The maximum absolute atomic E-state index is 12.4. The quantitative estimate of drug-likeness (QED) is 0.708. The summed E-state index contributed by atoms with van der Waals surface area (Å²) < 4.78 is 5.52. The minimum absolute atomic E-state index is 0.133. The molecule has 0 spiro atoms. The molecule has 0 unspecified atom stereocenters. The normalized spacial score (nSPS) is 20.7. The van der Waals surface area contributed by atoms with E-state index < -0.39 is 0 Å². The summed E-state index contributed by atoms with van der Waals surface area (Å²) in [5.41, 5.74) is 0.133. The first kappa shape index (κ1) is 20.0. The van der Waals surface area contributed by atoms with Gasteiger partial charge in [0, 0.05) is 42.2 Å². The van der Waals surface area contributed by atoms with E-state index in [2.05, 4.69) is 10.2 Å². The largest absolute Gasteiger partial charge is 0.379 e. The van der Waals surface area contributed by atoms with Gasteiger partial charge in [0.2, 0.25) is 5.91 Å². The van der Waals surface area contributed by atoms with E-state index in [0.717, 1.165) is 48.5 Å². The molecule has 1 aromatic carbocycles. The molecule has 1 saturated heterocycles. The number of carbonyl (C=O) groups excluding carboxylic acids is 1. The molecule has 0 aromatic heterocycles. The Morgan fingerprint density at radius 1 is 1.19 bits per heavy atom. The van der Waals surface area contributed by atoms with Crippen LogP contribution in [-0.2, 0) is 9.53 Å². The fourth-order valence-electron chi connectivity index (χ4n) is 4.02. The molecule has 144 valence electrons. The number of hydrogen-bond acceptors (Lipinski definition) is 4. The highest BCUT2D eigenvalue weighted by Crippen LogP contribution is 2.34. The number of hydrogen-bond donors (Lipinski definition) is 1. The molecule has 0 radical (unpaired) electrons. The minimum Gasteiger partial charge on any atom is -0.379 e. The van der Waals surface area contributed by atoms with E-state index in [9.17, 15) is 4.79 Å². The maximum Gasteiger partial charge on any atom is 0.220 e. The highest BCUT2D eigenvalue weighted by molar-refractivity contribution is 7.99. The Bertz CT molecular complexity index is 587. The van der Waals surface area contributed by atoms with Crippen molar-refractivity contribution in [1.29, 1.82) is 0 Å². The fraction of sp³-hybridized carbons (Fsp3) is 0.650. The number of halogens is 1. The van der Waals surface area contributed by atoms with Crippen LogP contribution >= 0.6 is 23.4 Å². The Balaban J connectivity index is 1.47. The number of ether oxygens (including phenoxy) is 1. The summed E-state index contributed by atoms with van der Waals surface area (Å²) in [6, 6.07) is 7.79. The van der Waals surface area contributed by atoms with Crippen molar-refractivity contribution in [2.24, 2.45) is 0 Å². The van der Waals surface area contributed by atoms with Crippen molar-refractivity contribution in [3.63, 3.8) is 0 Å². The van der Waals surface area contributed by atoms with Gasteiger partial charge in [-0.25, -0.2) is 0 Å². The lowest BCUT2D eigenvalue weighted by atomic mass is 9.79. The highest BCUT2D eigenvalue weighted by Gasteiger charge is 2.38. The first-order valence-corrected chi connectivity index (χ1v) is 11.0. The molecular weight excluding hydrogens is 368 g/mol. The van der Waals surface area contributed by atoms with Crippen molar-refractivity contribution in [2.75, 3.05) is 38.6 Å². The molecule has 0 atom stereocenters. The van der Waals surface area contributed by atoms with Crippen molar-refractivity contribution in [1.82, 2.24) is 10.2 Å². The van der Waals surface area contributed by atoms with E-state index in [-0.39, 0.29) is 11.4 Å². The first-order chi connectivity index (χ1) is 12.7. The molecule has 4 nitrogen and oxygen atoms in total. The molecule has 2 fully saturated rings. The van der Waals surface area contributed by atoms with Crippen molar-refractivity contribution < 1.29 is 9.53 Å². The summed E-state index contributed by atoms with van der Waals surface area (Å²) in [7, 11) is 0. The van der Waals surface area contributed by atoms with Gasteiger partial charge in [-0.1, -0.05) is 43.0 Å². The monoisotopic (exact) mass is 396 g/mol.